The fraction of sp³-hybridized carbons (Fsp3) is 0.500. The summed E-state index contributed by atoms with van der Waals surface area (Å²) in [7, 11) is 1.76. The number of ether oxygens (including phenoxy) is 1. The van der Waals surface area contributed by atoms with E-state index in [1.54, 1.807) is 11.9 Å². The van der Waals surface area contributed by atoms with Gasteiger partial charge in [0.15, 0.2) is 12.9 Å². The molecule has 7 nitrogen and oxygen atoms in total. The molecule has 1 aliphatic carbocycles. The van der Waals surface area contributed by atoms with Gasteiger partial charge >= 0.3 is 0 Å². The van der Waals surface area contributed by atoms with Gasteiger partial charge in [0.05, 0.1) is 10.5 Å². The molecule has 0 N–H and O–H groups in total. The second-order valence-electron chi connectivity index (χ2n) is 5.68. The Morgan fingerprint density at radius 1 is 1.39 bits per heavy atom. The monoisotopic (exact) mass is 320 g/mol. The van der Waals surface area contributed by atoms with E-state index in [-0.39, 0.29) is 35.6 Å². The number of amides is 1. The third-order valence-electron chi connectivity index (χ3n) is 4.20. The molecule has 7 heteroatoms. The second kappa shape index (κ2) is 7.71. The van der Waals surface area contributed by atoms with E-state index in [0.29, 0.717) is 6.29 Å². The molecule has 1 amide bonds. The molecule has 1 fully saturated rings. The fourth-order valence-corrected chi connectivity index (χ4v) is 2.79. The highest BCUT2D eigenvalue weighted by Crippen LogP contribution is 2.24. The lowest BCUT2D eigenvalue weighted by Crippen LogP contribution is -2.40. The lowest BCUT2D eigenvalue weighted by Gasteiger charge is -2.31. The molecule has 0 heterocycles. The number of aldehydes is 1. The van der Waals surface area contributed by atoms with Crippen molar-refractivity contribution in [2.75, 3.05) is 13.7 Å². The van der Waals surface area contributed by atoms with Crippen molar-refractivity contribution in [1.82, 2.24) is 4.90 Å². The average molecular weight is 320 g/mol. The van der Waals surface area contributed by atoms with E-state index < -0.39 is 4.92 Å². The molecule has 1 aromatic rings. The zero-order valence-corrected chi connectivity index (χ0v) is 13.1. The molecule has 0 unspecified atom stereocenters. The van der Waals surface area contributed by atoms with Gasteiger partial charge in [0.1, 0.15) is 5.75 Å². The number of carbonyl (C=O) groups is 2. The summed E-state index contributed by atoms with van der Waals surface area (Å²) in [6.45, 7) is -0.189. The van der Waals surface area contributed by atoms with Crippen LogP contribution in [0, 0.1) is 10.1 Å². The molecule has 0 bridgehead atoms. The fourth-order valence-electron chi connectivity index (χ4n) is 2.79. The lowest BCUT2D eigenvalue weighted by atomic mass is 9.94. The SMILES string of the molecule is CN(C(=O)COc1ccc([N+](=O)[O-])cc1C=O)C1CCCCC1. The minimum absolute atomic E-state index is 0.0623. The number of nitro benzene ring substituents is 1. The predicted molar refractivity (Wildman–Crippen MR) is 83.6 cm³/mol. The number of non-ortho nitro benzene ring substituents is 1. The highest BCUT2D eigenvalue weighted by Gasteiger charge is 2.22. The van der Waals surface area contributed by atoms with Crippen LogP contribution in [-0.4, -0.2) is 41.7 Å². The highest BCUT2D eigenvalue weighted by atomic mass is 16.6. The van der Waals surface area contributed by atoms with Crippen LogP contribution < -0.4 is 4.74 Å². The zero-order valence-electron chi connectivity index (χ0n) is 13.1. The van der Waals surface area contributed by atoms with Gasteiger partial charge in [-0.15, -0.1) is 0 Å². The largest absolute Gasteiger partial charge is 0.483 e. The summed E-state index contributed by atoms with van der Waals surface area (Å²) in [5, 5.41) is 10.7. The van der Waals surface area contributed by atoms with Gasteiger partial charge in [-0.05, 0) is 18.9 Å². The van der Waals surface area contributed by atoms with Crippen LogP contribution in [0.15, 0.2) is 18.2 Å². The van der Waals surface area contributed by atoms with Gasteiger partial charge in [-0.1, -0.05) is 19.3 Å². The van der Waals surface area contributed by atoms with Crippen molar-refractivity contribution in [3.05, 3.63) is 33.9 Å². The topological polar surface area (TPSA) is 89.8 Å². The summed E-state index contributed by atoms with van der Waals surface area (Å²) < 4.78 is 5.39. The van der Waals surface area contributed by atoms with Crippen LogP contribution >= 0.6 is 0 Å². The van der Waals surface area contributed by atoms with E-state index in [0.717, 1.165) is 31.7 Å². The van der Waals surface area contributed by atoms with E-state index in [9.17, 15) is 19.7 Å². The molecule has 1 aromatic carbocycles. The number of likely N-dealkylation sites (N-methyl/N-ethyl adjacent to an activating group) is 1. The minimum Gasteiger partial charge on any atom is -0.483 e. The molecule has 124 valence electrons. The van der Waals surface area contributed by atoms with E-state index in [1.807, 2.05) is 0 Å². The van der Waals surface area contributed by atoms with E-state index in [4.69, 9.17) is 4.74 Å². The second-order valence-corrected chi connectivity index (χ2v) is 5.68. The molecule has 0 aliphatic heterocycles. The number of nitro groups is 1. The summed E-state index contributed by atoms with van der Waals surface area (Å²) >= 11 is 0. The van der Waals surface area contributed by atoms with Gasteiger partial charge in [-0.25, -0.2) is 0 Å². The van der Waals surface area contributed by atoms with Gasteiger partial charge in [0.25, 0.3) is 11.6 Å². The maximum Gasteiger partial charge on any atom is 0.270 e. The number of hydrogen-bond donors (Lipinski definition) is 0. The quantitative estimate of drug-likeness (QED) is 0.456. The molecule has 0 atom stereocenters. The molecular formula is C16H20N2O5. The minimum atomic E-state index is -0.585. The Morgan fingerprint density at radius 2 is 2.09 bits per heavy atom. The summed E-state index contributed by atoms with van der Waals surface area (Å²) in [4.78, 5) is 35.0. The standard InChI is InChI=1S/C16H20N2O5/c1-17(13-5-3-2-4-6-13)16(20)11-23-15-8-7-14(18(21)22)9-12(15)10-19/h7-10,13H,2-6,11H2,1H3. The third kappa shape index (κ3) is 4.28. The van der Waals surface area contributed by atoms with Crippen molar-refractivity contribution in [2.24, 2.45) is 0 Å². The molecule has 0 spiro atoms. The summed E-state index contributed by atoms with van der Waals surface area (Å²) in [5.41, 5.74) is -0.127. The molecule has 1 saturated carbocycles. The Balaban J connectivity index is 1.98. The smallest absolute Gasteiger partial charge is 0.270 e. The van der Waals surface area contributed by atoms with Crippen LogP contribution in [0.5, 0.6) is 5.75 Å². The number of nitrogens with zero attached hydrogens (tertiary/aromatic N) is 2. The maximum absolute atomic E-state index is 12.2. The zero-order chi connectivity index (χ0) is 16.8. The molecule has 0 saturated heterocycles. The summed E-state index contributed by atoms with van der Waals surface area (Å²) in [6, 6.07) is 3.97. The van der Waals surface area contributed by atoms with Crippen LogP contribution in [0.25, 0.3) is 0 Å². The number of hydrogen-bond acceptors (Lipinski definition) is 5. The first-order valence-corrected chi connectivity index (χ1v) is 7.65. The van der Waals surface area contributed by atoms with E-state index in [2.05, 4.69) is 0 Å². The highest BCUT2D eigenvalue weighted by molar-refractivity contribution is 5.82. The lowest BCUT2D eigenvalue weighted by molar-refractivity contribution is -0.384. The van der Waals surface area contributed by atoms with Crippen molar-refractivity contribution < 1.29 is 19.2 Å². The maximum atomic E-state index is 12.2. The normalized spacial score (nSPS) is 15.0. The van der Waals surface area contributed by atoms with Crippen LogP contribution in [0.2, 0.25) is 0 Å². The van der Waals surface area contributed by atoms with Crippen LogP contribution in [0.4, 0.5) is 5.69 Å². The Labute approximate surface area is 134 Å². The molecule has 1 aliphatic rings. The Kier molecular flexibility index (Phi) is 5.67. The Bertz CT molecular complexity index is 596. The first-order chi connectivity index (χ1) is 11.0. The Morgan fingerprint density at radius 3 is 2.70 bits per heavy atom. The predicted octanol–water partition coefficient (Wildman–Crippen LogP) is 2.58. The van der Waals surface area contributed by atoms with Crippen LogP contribution in [-0.2, 0) is 4.79 Å². The average Bonchev–Trinajstić information content (AvgIpc) is 2.59. The van der Waals surface area contributed by atoms with Gasteiger partial charge in [0.2, 0.25) is 0 Å². The van der Waals surface area contributed by atoms with Crippen molar-refractivity contribution in [3.8, 4) is 5.75 Å². The molecule has 0 aromatic heterocycles. The Hall–Kier alpha value is -2.44. The van der Waals surface area contributed by atoms with E-state index >= 15 is 0 Å². The first kappa shape index (κ1) is 16.9. The third-order valence-corrected chi connectivity index (χ3v) is 4.20. The molecule has 2 rings (SSSR count). The van der Waals surface area contributed by atoms with Crippen LogP contribution in [0.1, 0.15) is 42.5 Å². The van der Waals surface area contributed by atoms with Gasteiger partial charge in [0, 0.05) is 25.2 Å². The number of carbonyl (C=O) groups excluding carboxylic acids is 2. The first-order valence-electron chi connectivity index (χ1n) is 7.65. The summed E-state index contributed by atoms with van der Waals surface area (Å²) in [6.07, 6.45) is 5.94. The molecule has 0 radical (unpaired) electrons. The van der Waals surface area contributed by atoms with Crippen molar-refractivity contribution in [1.29, 1.82) is 0 Å². The molecular weight excluding hydrogens is 300 g/mol. The number of benzene rings is 1. The number of rotatable bonds is 6. The van der Waals surface area contributed by atoms with Crippen LogP contribution in [0.3, 0.4) is 0 Å². The van der Waals surface area contributed by atoms with Crippen molar-refractivity contribution >= 4 is 17.9 Å². The van der Waals surface area contributed by atoms with Crippen molar-refractivity contribution in [3.63, 3.8) is 0 Å². The van der Waals surface area contributed by atoms with E-state index in [1.165, 1.54) is 18.6 Å². The van der Waals surface area contributed by atoms with Gasteiger partial charge in [-0.2, -0.15) is 0 Å². The molecule has 23 heavy (non-hydrogen) atoms. The summed E-state index contributed by atoms with van der Waals surface area (Å²) in [5.74, 6) is 0.0168. The van der Waals surface area contributed by atoms with Gasteiger partial charge in [-0.3, -0.25) is 19.7 Å². The van der Waals surface area contributed by atoms with Gasteiger partial charge < -0.3 is 9.64 Å². The van der Waals surface area contributed by atoms with Crippen molar-refractivity contribution in [2.45, 2.75) is 38.1 Å².